The fourth-order valence-corrected chi connectivity index (χ4v) is 5.98. The van der Waals surface area contributed by atoms with E-state index in [2.05, 4.69) is 15.5 Å². The minimum absolute atomic E-state index is 0.00706. The second kappa shape index (κ2) is 9.23. The van der Waals surface area contributed by atoms with Gasteiger partial charge in [-0.05, 0) is 18.4 Å². The van der Waals surface area contributed by atoms with Crippen molar-refractivity contribution < 1.29 is 34.2 Å². The van der Waals surface area contributed by atoms with Crippen molar-refractivity contribution in [1.82, 2.24) is 15.2 Å². The number of amides is 2. The number of hydrogen-bond donors (Lipinski definition) is 5. The van der Waals surface area contributed by atoms with E-state index in [1.807, 2.05) is 0 Å². The van der Waals surface area contributed by atoms with E-state index in [-0.39, 0.29) is 41.6 Å². The van der Waals surface area contributed by atoms with Gasteiger partial charge in [0.1, 0.15) is 22.8 Å². The zero-order chi connectivity index (χ0) is 24.6. The number of carboxylic acids is 2. The number of anilines is 1. The lowest BCUT2D eigenvalue weighted by Gasteiger charge is -2.49. The van der Waals surface area contributed by atoms with E-state index in [1.165, 1.54) is 17.1 Å². The van der Waals surface area contributed by atoms with Crippen LogP contribution in [0, 0.1) is 0 Å². The molecule has 2 atom stereocenters. The van der Waals surface area contributed by atoms with E-state index in [0.717, 1.165) is 16.2 Å². The molecule has 2 aliphatic heterocycles. The van der Waals surface area contributed by atoms with Crippen molar-refractivity contribution in [2.75, 3.05) is 18.0 Å². The Morgan fingerprint density at radius 2 is 2.03 bits per heavy atom. The molecular weight excluding hydrogens is 488 g/mol. The van der Waals surface area contributed by atoms with Crippen LogP contribution < -0.4 is 16.8 Å². The van der Waals surface area contributed by atoms with Gasteiger partial charge in [-0.1, -0.05) is 5.16 Å². The van der Waals surface area contributed by atoms with Crippen molar-refractivity contribution in [3.8, 4) is 0 Å². The lowest BCUT2D eigenvalue weighted by molar-refractivity contribution is -0.165. The first kappa shape index (κ1) is 24.0. The van der Waals surface area contributed by atoms with Crippen LogP contribution in [0.25, 0.3) is 0 Å². The van der Waals surface area contributed by atoms with Crippen LogP contribution >= 0.6 is 23.1 Å². The van der Waals surface area contributed by atoms with Gasteiger partial charge >= 0.3 is 11.9 Å². The number of nitrogens with zero attached hydrogens (tertiary/aromatic N) is 3. The molecular formula is C19H22N6O7S2. The van der Waals surface area contributed by atoms with Gasteiger partial charge in [-0.3, -0.25) is 14.5 Å². The number of aromatic nitrogens is 1. The fourth-order valence-electron chi connectivity index (χ4n) is 4.07. The van der Waals surface area contributed by atoms with Crippen LogP contribution in [-0.4, -0.2) is 78.9 Å². The molecule has 3 aliphatic rings. The summed E-state index contributed by atoms with van der Waals surface area (Å²) in [5.74, 6) is -3.59. The summed E-state index contributed by atoms with van der Waals surface area (Å²) < 4.78 is 0. The minimum Gasteiger partial charge on any atom is -0.478 e. The Morgan fingerprint density at radius 3 is 2.59 bits per heavy atom. The predicted octanol–water partition coefficient (Wildman–Crippen LogP) is -0.459. The molecule has 0 bridgehead atoms. The molecule has 0 radical (unpaired) electrons. The molecule has 0 spiro atoms. The number of nitrogens with one attached hydrogen (secondary N) is 1. The molecule has 4 rings (SSSR count). The van der Waals surface area contributed by atoms with Crippen molar-refractivity contribution in [3.63, 3.8) is 0 Å². The van der Waals surface area contributed by atoms with Crippen LogP contribution in [0.4, 0.5) is 5.13 Å². The molecule has 1 aliphatic carbocycles. The molecule has 1 aromatic heterocycles. The van der Waals surface area contributed by atoms with Gasteiger partial charge in [0.05, 0.1) is 0 Å². The number of nitrogen functional groups attached to an aromatic ring is 1. The number of aliphatic carboxylic acids is 2. The summed E-state index contributed by atoms with van der Waals surface area (Å²) in [5.41, 5.74) is 9.74. The zero-order valence-corrected chi connectivity index (χ0v) is 19.4. The third-order valence-electron chi connectivity index (χ3n) is 5.88. The molecule has 34 heavy (non-hydrogen) atoms. The van der Waals surface area contributed by atoms with Crippen molar-refractivity contribution in [1.29, 1.82) is 0 Å². The molecule has 1 saturated carbocycles. The van der Waals surface area contributed by atoms with E-state index in [1.54, 1.807) is 0 Å². The number of carbonyl (C=O) groups excluding carboxylic acids is 2. The highest BCUT2D eigenvalue weighted by molar-refractivity contribution is 8.00. The maximum Gasteiger partial charge on any atom is 0.352 e. The lowest BCUT2D eigenvalue weighted by Crippen LogP contribution is -2.71. The Labute approximate surface area is 201 Å². The summed E-state index contributed by atoms with van der Waals surface area (Å²) in [5, 5.41) is 26.5. The average Bonchev–Trinajstić information content (AvgIpc) is 3.46. The van der Waals surface area contributed by atoms with Gasteiger partial charge in [0.15, 0.2) is 10.8 Å². The Morgan fingerprint density at radius 1 is 1.32 bits per heavy atom. The maximum absolute atomic E-state index is 13.1. The number of thiazole rings is 1. The molecule has 2 fully saturated rings. The highest BCUT2D eigenvalue weighted by atomic mass is 32.2. The van der Waals surface area contributed by atoms with Gasteiger partial charge in [0.2, 0.25) is 5.60 Å². The molecule has 13 nitrogen and oxygen atoms in total. The third-order valence-corrected chi connectivity index (χ3v) is 7.89. The Kier molecular flexibility index (Phi) is 6.51. The number of thioether (sulfide) groups is 1. The summed E-state index contributed by atoms with van der Waals surface area (Å²) in [6.07, 6.45) is 1.76. The van der Waals surface area contributed by atoms with E-state index >= 15 is 0 Å². The molecule has 1 unspecified atom stereocenters. The Bertz CT molecular complexity index is 1110. The summed E-state index contributed by atoms with van der Waals surface area (Å²) in [6.45, 7) is -0.00706. The summed E-state index contributed by atoms with van der Waals surface area (Å²) in [4.78, 5) is 59.9. The second-order valence-corrected chi connectivity index (χ2v) is 9.93. The monoisotopic (exact) mass is 510 g/mol. The third kappa shape index (κ3) is 4.10. The fraction of sp³-hybridized carbons (Fsp3) is 0.474. The second-order valence-electron chi connectivity index (χ2n) is 7.93. The number of carboxylic acid groups (broad SMARTS) is 2. The molecule has 0 aromatic carbocycles. The summed E-state index contributed by atoms with van der Waals surface area (Å²) in [7, 11) is 0. The Balaban J connectivity index is 1.57. The zero-order valence-electron chi connectivity index (χ0n) is 17.7. The van der Waals surface area contributed by atoms with Crippen molar-refractivity contribution in [2.24, 2.45) is 10.9 Å². The standard InChI is InChI=1S/C19H22N6O7S2/c20-5-8-6-33-15-11(14(27)25(15)12(8)16(28)29)23-13(26)10(9-7-34-18(21)22-9)24-32-19(17(30)31)3-1-2-4-19/h7,11,15H,1-6,20H2,(H2,21,22)(H,23,26)(H,28,29)(H,30,31)/b24-10-/t11?,15-/m1/s1. The first-order chi connectivity index (χ1) is 16.2. The van der Waals surface area contributed by atoms with Gasteiger partial charge in [-0.25, -0.2) is 14.6 Å². The minimum atomic E-state index is -1.55. The number of β-lactam (4-membered cyclic amide) rings is 1. The van der Waals surface area contributed by atoms with Gasteiger partial charge in [-0.15, -0.1) is 23.1 Å². The van der Waals surface area contributed by atoms with Crippen LogP contribution in [0.3, 0.4) is 0 Å². The average molecular weight is 511 g/mol. The molecule has 7 N–H and O–H groups in total. The van der Waals surface area contributed by atoms with Crippen LogP contribution in [0.5, 0.6) is 0 Å². The van der Waals surface area contributed by atoms with Gasteiger partial charge < -0.3 is 31.8 Å². The SMILES string of the molecule is NCC1=C(C(=O)O)N2C(=O)C(NC(=O)/C(=N\OC3(C(=O)O)CCCC3)c3csc(N)n3)[C@H]2SC1. The lowest BCUT2D eigenvalue weighted by atomic mass is 10.0. The smallest absolute Gasteiger partial charge is 0.352 e. The molecule has 2 amide bonds. The van der Waals surface area contributed by atoms with Gasteiger partial charge in [0, 0.05) is 30.5 Å². The Hall–Kier alpha value is -3.17. The molecule has 1 saturated heterocycles. The molecule has 1 aromatic rings. The number of carbonyl (C=O) groups is 4. The van der Waals surface area contributed by atoms with Crippen molar-refractivity contribution in [2.45, 2.75) is 42.7 Å². The van der Waals surface area contributed by atoms with Crippen LogP contribution in [-0.2, 0) is 24.0 Å². The number of hydrogen-bond acceptors (Lipinski definition) is 11. The van der Waals surface area contributed by atoms with Gasteiger partial charge in [-0.2, -0.15) is 0 Å². The maximum atomic E-state index is 13.1. The molecule has 3 heterocycles. The highest BCUT2D eigenvalue weighted by Gasteiger charge is 2.54. The van der Waals surface area contributed by atoms with Crippen LogP contribution in [0.1, 0.15) is 31.4 Å². The van der Waals surface area contributed by atoms with E-state index in [4.69, 9.17) is 16.3 Å². The summed E-state index contributed by atoms with van der Waals surface area (Å²) >= 11 is 2.32. The van der Waals surface area contributed by atoms with E-state index < -0.39 is 40.8 Å². The quantitative estimate of drug-likeness (QED) is 0.171. The number of nitrogens with two attached hydrogens (primary N) is 2. The number of oxime groups is 1. The van der Waals surface area contributed by atoms with Crippen molar-refractivity contribution in [3.05, 3.63) is 22.3 Å². The molecule has 182 valence electrons. The molecule has 15 heteroatoms. The summed E-state index contributed by atoms with van der Waals surface area (Å²) in [6, 6.07) is -1.02. The van der Waals surface area contributed by atoms with E-state index in [9.17, 15) is 29.4 Å². The first-order valence-electron chi connectivity index (χ1n) is 10.3. The largest absolute Gasteiger partial charge is 0.478 e. The normalized spacial score (nSPS) is 23.9. The van der Waals surface area contributed by atoms with Crippen LogP contribution in [0.2, 0.25) is 0 Å². The van der Waals surface area contributed by atoms with Crippen LogP contribution in [0.15, 0.2) is 21.8 Å². The number of fused-ring (bicyclic) bond motifs is 1. The topological polar surface area (TPSA) is 211 Å². The predicted molar refractivity (Wildman–Crippen MR) is 122 cm³/mol. The van der Waals surface area contributed by atoms with Gasteiger partial charge in [0.25, 0.3) is 11.8 Å². The van der Waals surface area contributed by atoms with Crippen molar-refractivity contribution >= 4 is 57.7 Å². The number of rotatable bonds is 8. The van der Waals surface area contributed by atoms with E-state index in [0.29, 0.717) is 24.2 Å². The highest BCUT2D eigenvalue weighted by Crippen LogP contribution is 2.40. The first-order valence-corrected chi connectivity index (χ1v) is 12.2.